The first-order valence-corrected chi connectivity index (χ1v) is 9.20. The first kappa shape index (κ1) is 21.2. The lowest BCUT2D eigenvalue weighted by Crippen LogP contribution is -2.59. The van der Waals surface area contributed by atoms with Crippen molar-refractivity contribution < 1.29 is 44.8 Å². The first-order valence-electron chi connectivity index (χ1n) is 9.20. The fourth-order valence-corrected chi connectivity index (χ4v) is 3.55. The van der Waals surface area contributed by atoms with E-state index < -0.39 is 61.9 Å². The van der Waals surface area contributed by atoms with Crippen LogP contribution in [0.2, 0.25) is 0 Å². The van der Waals surface area contributed by atoms with Crippen molar-refractivity contribution in [1.29, 1.82) is 0 Å². The maximum Gasteiger partial charge on any atom is 0.186 e. The molecule has 0 bridgehead atoms. The lowest BCUT2D eigenvalue weighted by molar-refractivity contribution is -0.306. The molecule has 0 radical (unpaired) electrons. The van der Waals surface area contributed by atoms with Crippen LogP contribution in [-0.2, 0) is 14.2 Å². The Bertz CT molecular complexity index is 882. The van der Waals surface area contributed by atoms with E-state index in [1.54, 1.807) is 0 Å². The van der Waals surface area contributed by atoms with Gasteiger partial charge in [0.1, 0.15) is 54.6 Å². The van der Waals surface area contributed by atoms with E-state index in [1.165, 1.54) is 17.2 Å². The van der Waals surface area contributed by atoms with Crippen LogP contribution in [0.1, 0.15) is 6.23 Å². The molecule has 2 aromatic heterocycles. The molecule has 4 heterocycles. The number of nitrogens with zero attached hydrogens (tertiary/aromatic N) is 4. The average Bonchev–Trinajstić information content (AvgIpc) is 3.28. The summed E-state index contributed by atoms with van der Waals surface area (Å²) >= 11 is 0. The van der Waals surface area contributed by atoms with Crippen LogP contribution in [0.15, 0.2) is 12.7 Å². The Balaban J connectivity index is 1.45. The Hall–Kier alpha value is -2.01. The van der Waals surface area contributed by atoms with Crippen LogP contribution >= 0.6 is 0 Å². The summed E-state index contributed by atoms with van der Waals surface area (Å²) < 4.78 is 17.7. The monoisotopic (exact) mass is 429 g/mol. The van der Waals surface area contributed by atoms with Gasteiger partial charge in [-0.05, 0) is 0 Å². The summed E-state index contributed by atoms with van der Waals surface area (Å²) in [5.74, 6) is 0.147. The minimum absolute atomic E-state index is 0.147. The maximum atomic E-state index is 10.4. The van der Waals surface area contributed by atoms with Gasteiger partial charge in [-0.2, -0.15) is 0 Å². The number of aliphatic hydroxyl groups excluding tert-OH is 6. The van der Waals surface area contributed by atoms with E-state index in [4.69, 9.17) is 19.9 Å². The van der Waals surface area contributed by atoms with Crippen LogP contribution in [0.5, 0.6) is 0 Å². The second-order valence-electron chi connectivity index (χ2n) is 7.16. The minimum Gasteiger partial charge on any atom is -0.394 e. The third kappa shape index (κ3) is 3.51. The zero-order valence-corrected chi connectivity index (χ0v) is 15.5. The number of fused-ring (bicyclic) bond motifs is 1. The highest BCUT2D eigenvalue weighted by atomic mass is 16.7. The third-order valence-corrected chi connectivity index (χ3v) is 5.27. The molecule has 0 aliphatic carbocycles. The smallest absolute Gasteiger partial charge is 0.186 e. The number of hydrogen-bond acceptors (Lipinski definition) is 13. The number of ether oxygens (including phenoxy) is 3. The molecule has 166 valence electrons. The van der Waals surface area contributed by atoms with Gasteiger partial charge in [-0.25, -0.2) is 15.0 Å². The fraction of sp³-hybridized carbons (Fsp3) is 0.688. The number of hydrogen-bond donors (Lipinski definition) is 7. The van der Waals surface area contributed by atoms with E-state index in [0.717, 1.165) is 0 Å². The van der Waals surface area contributed by atoms with Gasteiger partial charge in [-0.15, -0.1) is 0 Å². The van der Waals surface area contributed by atoms with E-state index in [-0.39, 0.29) is 12.4 Å². The molecule has 9 atom stereocenters. The molecule has 2 aromatic rings. The number of rotatable bonds is 5. The molecular weight excluding hydrogens is 406 g/mol. The van der Waals surface area contributed by atoms with Crippen LogP contribution in [0, 0.1) is 0 Å². The molecular formula is C16H23N5O9. The number of imidazole rings is 1. The van der Waals surface area contributed by atoms with Gasteiger partial charge in [-0.3, -0.25) is 4.57 Å². The zero-order valence-electron chi connectivity index (χ0n) is 15.5. The molecule has 0 saturated carbocycles. The first-order chi connectivity index (χ1) is 14.3. The Morgan fingerprint density at radius 3 is 2.40 bits per heavy atom. The van der Waals surface area contributed by atoms with E-state index in [0.29, 0.717) is 11.2 Å². The van der Waals surface area contributed by atoms with Crippen molar-refractivity contribution in [2.45, 2.75) is 55.2 Å². The number of aromatic nitrogens is 4. The average molecular weight is 429 g/mol. The largest absolute Gasteiger partial charge is 0.394 e. The fourth-order valence-electron chi connectivity index (χ4n) is 3.55. The molecule has 14 heteroatoms. The molecule has 14 nitrogen and oxygen atoms in total. The van der Waals surface area contributed by atoms with Crippen molar-refractivity contribution in [3.05, 3.63) is 12.7 Å². The standard InChI is InChI=1S/C16H23N5O9/c17-13-7-14(19-3-18-13)21(4-20-7)15-11(26)9(24)6(29-15)2-28-16-12(27)10(25)8(23)5(1-22)30-16/h3-6,8-12,15-16,22-27H,1-2H2,(H2,17,18,19)/t5-,6-,8-,9-,10+,11-,12-,15-,16?/m1/s1. The SMILES string of the molecule is Nc1ncnc2c1ncn2[C@@H]1O[C@H](COC2O[C@H](CO)[C@@H](O)[C@H](O)[C@H]2O)[C@@H](O)[C@H]1O. The van der Waals surface area contributed by atoms with Crippen molar-refractivity contribution >= 4 is 17.0 Å². The van der Waals surface area contributed by atoms with Gasteiger partial charge >= 0.3 is 0 Å². The minimum atomic E-state index is -1.60. The Kier molecular flexibility index (Phi) is 5.84. The normalized spacial score (nSPS) is 39.6. The Morgan fingerprint density at radius 2 is 1.67 bits per heavy atom. The number of nitrogen functional groups attached to an aromatic ring is 1. The second kappa shape index (κ2) is 8.26. The van der Waals surface area contributed by atoms with Gasteiger partial charge in [0.2, 0.25) is 0 Å². The summed E-state index contributed by atoms with van der Waals surface area (Å²) in [5, 5.41) is 59.7. The Morgan fingerprint density at radius 1 is 0.933 bits per heavy atom. The summed E-state index contributed by atoms with van der Waals surface area (Å²) in [6, 6.07) is 0. The van der Waals surface area contributed by atoms with Crippen LogP contribution in [0.4, 0.5) is 5.82 Å². The summed E-state index contributed by atoms with van der Waals surface area (Å²) in [4.78, 5) is 12.0. The molecule has 2 aliphatic rings. The second-order valence-corrected chi connectivity index (χ2v) is 7.16. The van der Waals surface area contributed by atoms with Gasteiger partial charge in [0.15, 0.2) is 24.0 Å². The summed E-state index contributed by atoms with van der Waals surface area (Å²) in [6.45, 7) is -0.936. The van der Waals surface area contributed by atoms with Gasteiger partial charge in [0.25, 0.3) is 0 Å². The van der Waals surface area contributed by atoms with Gasteiger partial charge in [0.05, 0.1) is 19.5 Å². The maximum absolute atomic E-state index is 10.4. The van der Waals surface area contributed by atoms with Crippen LogP contribution in [-0.4, -0.2) is 112 Å². The van der Waals surface area contributed by atoms with E-state index in [2.05, 4.69) is 15.0 Å². The molecule has 0 amide bonds. The summed E-state index contributed by atoms with van der Waals surface area (Å²) in [6.07, 6.45) is -9.48. The number of aliphatic hydroxyl groups is 6. The van der Waals surface area contributed by atoms with Gasteiger partial charge in [-0.1, -0.05) is 0 Å². The zero-order chi connectivity index (χ0) is 21.6. The van der Waals surface area contributed by atoms with E-state index in [1.807, 2.05) is 0 Å². The molecule has 30 heavy (non-hydrogen) atoms. The van der Waals surface area contributed by atoms with Crippen molar-refractivity contribution in [3.8, 4) is 0 Å². The van der Waals surface area contributed by atoms with Crippen molar-refractivity contribution in [2.75, 3.05) is 18.9 Å². The Labute approximate surface area is 169 Å². The third-order valence-electron chi connectivity index (χ3n) is 5.27. The molecule has 8 N–H and O–H groups in total. The lowest BCUT2D eigenvalue weighted by atomic mass is 9.99. The summed E-state index contributed by atoms with van der Waals surface area (Å²) in [7, 11) is 0. The van der Waals surface area contributed by atoms with Crippen molar-refractivity contribution in [2.24, 2.45) is 0 Å². The predicted molar refractivity (Wildman–Crippen MR) is 95.4 cm³/mol. The number of nitrogens with two attached hydrogens (primary N) is 1. The quantitative estimate of drug-likeness (QED) is 0.240. The molecule has 2 fully saturated rings. The van der Waals surface area contributed by atoms with Crippen LogP contribution in [0.25, 0.3) is 11.2 Å². The van der Waals surface area contributed by atoms with Crippen molar-refractivity contribution in [3.63, 3.8) is 0 Å². The highest BCUT2D eigenvalue weighted by Crippen LogP contribution is 2.32. The number of anilines is 1. The molecule has 1 unspecified atom stereocenters. The van der Waals surface area contributed by atoms with Crippen molar-refractivity contribution in [1.82, 2.24) is 19.5 Å². The lowest BCUT2D eigenvalue weighted by Gasteiger charge is -2.39. The highest BCUT2D eigenvalue weighted by molar-refractivity contribution is 5.81. The molecule has 2 saturated heterocycles. The van der Waals surface area contributed by atoms with E-state index >= 15 is 0 Å². The van der Waals surface area contributed by atoms with E-state index in [9.17, 15) is 30.6 Å². The van der Waals surface area contributed by atoms with Crippen LogP contribution in [0.3, 0.4) is 0 Å². The molecule has 0 spiro atoms. The topological polar surface area (TPSA) is 219 Å². The molecule has 2 aliphatic heterocycles. The summed E-state index contributed by atoms with van der Waals surface area (Å²) in [5.41, 5.74) is 6.36. The van der Waals surface area contributed by atoms with Gasteiger partial charge in [0, 0.05) is 0 Å². The van der Waals surface area contributed by atoms with Gasteiger partial charge < -0.3 is 50.6 Å². The highest BCUT2D eigenvalue weighted by Gasteiger charge is 2.47. The molecule has 0 aromatic carbocycles. The predicted octanol–water partition coefficient (Wildman–Crippen LogP) is -4.16. The van der Waals surface area contributed by atoms with Crippen LogP contribution < -0.4 is 5.73 Å². The molecule has 4 rings (SSSR count).